The van der Waals surface area contributed by atoms with E-state index in [-0.39, 0.29) is 6.04 Å². The number of aryl methyl sites for hydroxylation is 1. The van der Waals surface area contributed by atoms with E-state index in [1.54, 1.807) is 0 Å². The largest absolute Gasteiger partial charge is 0.375 e. The molecule has 2 atom stereocenters. The van der Waals surface area contributed by atoms with Crippen molar-refractivity contribution >= 4 is 5.69 Å². The summed E-state index contributed by atoms with van der Waals surface area (Å²) >= 11 is 0. The minimum atomic E-state index is 0.220. The lowest BCUT2D eigenvalue weighted by Crippen LogP contribution is -2.41. The van der Waals surface area contributed by atoms with Crippen LogP contribution in [0.5, 0.6) is 0 Å². The highest BCUT2D eigenvalue weighted by molar-refractivity contribution is 5.51. The highest BCUT2D eigenvalue weighted by Crippen LogP contribution is 2.22. The van der Waals surface area contributed by atoms with E-state index in [1.165, 1.54) is 16.8 Å². The van der Waals surface area contributed by atoms with Crippen LogP contribution in [0, 0.1) is 6.92 Å². The Bertz CT molecular complexity index is 403. The summed E-state index contributed by atoms with van der Waals surface area (Å²) in [7, 11) is 0. The second-order valence-corrected chi connectivity index (χ2v) is 5.42. The summed E-state index contributed by atoms with van der Waals surface area (Å²) in [6, 6.07) is 6.92. The van der Waals surface area contributed by atoms with Crippen LogP contribution < -0.4 is 10.6 Å². The first-order valence-electron chi connectivity index (χ1n) is 6.78. The van der Waals surface area contributed by atoms with E-state index in [9.17, 15) is 0 Å². The quantitative estimate of drug-likeness (QED) is 0.890. The Morgan fingerprint density at radius 2 is 2.28 bits per heavy atom. The smallest absolute Gasteiger partial charge is 0.0722 e. The average Bonchev–Trinajstić information content (AvgIpc) is 2.31. The second-order valence-electron chi connectivity index (χ2n) is 5.42. The molecule has 1 aliphatic heterocycles. The molecule has 0 bridgehead atoms. The zero-order chi connectivity index (χ0) is 13.1. The van der Waals surface area contributed by atoms with E-state index >= 15 is 0 Å². The van der Waals surface area contributed by atoms with E-state index in [0.717, 1.165) is 26.1 Å². The van der Waals surface area contributed by atoms with Gasteiger partial charge in [0.15, 0.2) is 0 Å². The lowest BCUT2D eigenvalue weighted by Gasteiger charge is -2.33. The number of benzene rings is 1. The first-order valence-corrected chi connectivity index (χ1v) is 6.78. The van der Waals surface area contributed by atoms with Crippen LogP contribution >= 0.6 is 0 Å². The maximum absolute atomic E-state index is 5.87. The number of nitrogens with zero attached hydrogens (tertiary/aromatic N) is 1. The van der Waals surface area contributed by atoms with Crippen molar-refractivity contribution in [3.63, 3.8) is 0 Å². The monoisotopic (exact) mass is 248 g/mol. The summed E-state index contributed by atoms with van der Waals surface area (Å²) in [5.74, 6) is 0. The lowest BCUT2D eigenvalue weighted by molar-refractivity contribution is 0.0532. The summed E-state index contributed by atoms with van der Waals surface area (Å²) in [6.07, 6.45) is 1.27. The Labute approximate surface area is 110 Å². The van der Waals surface area contributed by atoms with Crippen LogP contribution in [0.25, 0.3) is 0 Å². The Kier molecular flexibility index (Phi) is 4.25. The summed E-state index contributed by atoms with van der Waals surface area (Å²) in [5, 5.41) is 0. The lowest BCUT2D eigenvalue weighted by atomic mass is 10.0. The standard InChI is InChI=1S/C15H24N2O/c1-11-8-15(5-4-14(11)9-12(2)16)17-6-7-18-13(3)10-17/h4-5,8,12-13H,6-7,9-10,16H2,1-3H3. The predicted molar refractivity (Wildman–Crippen MR) is 76.2 cm³/mol. The Hall–Kier alpha value is -1.06. The molecule has 0 saturated carbocycles. The number of anilines is 1. The van der Waals surface area contributed by atoms with Crippen molar-refractivity contribution in [2.24, 2.45) is 5.73 Å². The third-order valence-electron chi connectivity index (χ3n) is 3.47. The first-order chi connectivity index (χ1) is 8.56. The highest BCUT2D eigenvalue weighted by Gasteiger charge is 2.17. The van der Waals surface area contributed by atoms with Crippen molar-refractivity contribution in [2.75, 3.05) is 24.6 Å². The van der Waals surface area contributed by atoms with Crippen LogP contribution in [0.15, 0.2) is 18.2 Å². The fraction of sp³-hybridized carbons (Fsp3) is 0.600. The molecule has 100 valence electrons. The molecule has 1 aromatic carbocycles. The van der Waals surface area contributed by atoms with Gasteiger partial charge in [-0.15, -0.1) is 0 Å². The molecule has 0 amide bonds. The molecule has 1 heterocycles. The van der Waals surface area contributed by atoms with Crippen LogP contribution in [0.3, 0.4) is 0 Å². The maximum atomic E-state index is 5.87. The fourth-order valence-electron chi connectivity index (χ4n) is 2.51. The molecule has 18 heavy (non-hydrogen) atoms. The molecule has 1 saturated heterocycles. The molecule has 0 aliphatic carbocycles. The van der Waals surface area contributed by atoms with Gasteiger partial charge in [0.2, 0.25) is 0 Å². The zero-order valence-electron chi connectivity index (χ0n) is 11.6. The van der Waals surface area contributed by atoms with Crippen LogP contribution in [0.2, 0.25) is 0 Å². The van der Waals surface area contributed by atoms with E-state index in [4.69, 9.17) is 10.5 Å². The molecule has 2 rings (SSSR count). The summed E-state index contributed by atoms with van der Waals surface area (Å²) in [5.41, 5.74) is 9.86. The molecule has 3 nitrogen and oxygen atoms in total. The van der Waals surface area contributed by atoms with Crippen LogP contribution in [-0.4, -0.2) is 31.8 Å². The van der Waals surface area contributed by atoms with Gasteiger partial charge in [-0.2, -0.15) is 0 Å². The third-order valence-corrected chi connectivity index (χ3v) is 3.47. The van der Waals surface area contributed by atoms with E-state index in [0.29, 0.717) is 6.10 Å². The van der Waals surface area contributed by atoms with Gasteiger partial charge >= 0.3 is 0 Å². The molecule has 0 radical (unpaired) electrons. The number of nitrogens with two attached hydrogens (primary N) is 1. The van der Waals surface area contributed by atoms with Crippen molar-refractivity contribution in [2.45, 2.75) is 39.3 Å². The zero-order valence-corrected chi connectivity index (χ0v) is 11.6. The van der Waals surface area contributed by atoms with Gasteiger partial charge in [-0.25, -0.2) is 0 Å². The number of morpholine rings is 1. The molecular weight excluding hydrogens is 224 g/mol. The van der Waals surface area contributed by atoms with Gasteiger partial charge in [-0.3, -0.25) is 0 Å². The van der Waals surface area contributed by atoms with Gasteiger partial charge < -0.3 is 15.4 Å². The van der Waals surface area contributed by atoms with Gasteiger partial charge in [-0.05, 0) is 50.5 Å². The average molecular weight is 248 g/mol. The van der Waals surface area contributed by atoms with E-state index in [2.05, 4.69) is 43.9 Å². The van der Waals surface area contributed by atoms with Crippen LogP contribution in [-0.2, 0) is 11.2 Å². The summed E-state index contributed by atoms with van der Waals surface area (Å²) in [4.78, 5) is 2.40. The topological polar surface area (TPSA) is 38.5 Å². The minimum Gasteiger partial charge on any atom is -0.375 e. The molecule has 1 fully saturated rings. The van der Waals surface area contributed by atoms with Crippen molar-refractivity contribution in [3.05, 3.63) is 29.3 Å². The third kappa shape index (κ3) is 3.24. The van der Waals surface area contributed by atoms with E-state index in [1.807, 2.05) is 0 Å². The molecule has 0 spiro atoms. The van der Waals surface area contributed by atoms with E-state index < -0.39 is 0 Å². The van der Waals surface area contributed by atoms with Crippen molar-refractivity contribution < 1.29 is 4.74 Å². The maximum Gasteiger partial charge on any atom is 0.0722 e. The van der Waals surface area contributed by atoms with Gasteiger partial charge in [0.25, 0.3) is 0 Å². The Morgan fingerprint density at radius 3 is 2.89 bits per heavy atom. The predicted octanol–water partition coefficient (Wildman–Crippen LogP) is 2.11. The van der Waals surface area contributed by atoms with Gasteiger partial charge in [-0.1, -0.05) is 6.07 Å². The number of hydrogen-bond donors (Lipinski definition) is 1. The molecule has 1 aromatic rings. The molecule has 1 aliphatic rings. The molecule has 0 aromatic heterocycles. The highest BCUT2D eigenvalue weighted by atomic mass is 16.5. The summed E-state index contributed by atoms with van der Waals surface area (Å²) < 4.78 is 5.58. The Balaban J connectivity index is 2.12. The molecule has 2 unspecified atom stereocenters. The SMILES string of the molecule is Cc1cc(N2CCOC(C)C2)ccc1CC(C)N. The van der Waals surface area contributed by atoms with Crippen molar-refractivity contribution in [1.29, 1.82) is 0 Å². The second kappa shape index (κ2) is 5.72. The van der Waals surface area contributed by atoms with Gasteiger partial charge in [0, 0.05) is 24.8 Å². The summed E-state index contributed by atoms with van der Waals surface area (Å²) in [6.45, 7) is 9.13. The molecule has 3 heteroatoms. The molecule has 2 N–H and O–H groups in total. The van der Waals surface area contributed by atoms with Gasteiger partial charge in [0.05, 0.1) is 12.7 Å². The van der Waals surface area contributed by atoms with Crippen LogP contribution in [0.1, 0.15) is 25.0 Å². The fourth-order valence-corrected chi connectivity index (χ4v) is 2.51. The Morgan fingerprint density at radius 1 is 1.50 bits per heavy atom. The number of ether oxygens (including phenoxy) is 1. The number of rotatable bonds is 3. The normalized spacial score (nSPS) is 22.0. The van der Waals surface area contributed by atoms with Crippen molar-refractivity contribution in [1.82, 2.24) is 0 Å². The first kappa shape index (κ1) is 13.4. The molecular formula is C15H24N2O. The minimum absolute atomic E-state index is 0.220. The van der Waals surface area contributed by atoms with Crippen LogP contribution in [0.4, 0.5) is 5.69 Å². The van der Waals surface area contributed by atoms with Gasteiger partial charge in [0.1, 0.15) is 0 Å². The van der Waals surface area contributed by atoms with Crippen molar-refractivity contribution in [3.8, 4) is 0 Å². The number of hydrogen-bond acceptors (Lipinski definition) is 3.